The first kappa shape index (κ1) is 19.1. The fourth-order valence-electron chi connectivity index (χ4n) is 3.49. The molecular formula is C22H23FN4O2. The van der Waals surface area contributed by atoms with Crippen molar-refractivity contribution in [2.45, 2.75) is 19.5 Å². The summed E-state index contributed by atoms with van der Waals surface area (Å²) in [7, 11) is 3.23. The number of rotatable bonds is 6. The summed E-state index contributed by atoms with van der Waals surface area (Å²) in [5.41, 5.74) is 3.88. The summed E-state index contributed by atoms with van der Waals surface area (Å²) in [6.45, 7) is 2.32. The zero-order valence-corrected chi connectivity index (χ0v) is 16.5. The Morgan fingerprint density at radius 2 is 2.03 bits per heavy atom. The molecule has 0 saturated heterocycles. The van der Waals surface area contributed by atoms with Crippen LogP contribution in [0.25, 0.3) is 0 Å². The Kier molecular flexibility index (Phi) is 5.57. The van der Waals surface area contributed by atoms with Gasteiger partial charge in [-0.1, -0.05) is 12.1 Å². The van der Waals surface area contributed by atoms with Gasteiger partial charge in [0.05, 0.1) is 25.6 Å². The lowest BCUT2D eigenvalue weighted by molar-refractivity contribution is 0.242. The average molecular weight is 394 g/mol. The van der Waals surface area contributed by atoms with E-state index in [0.29, 0.717) is 18.2 Å². The number of nitrogens with zero attached hydrogens (tertiary/aromatic N) is 3. The first-order chi connectivity index (χ1) is 14.1. The molecule has 1 aromatic heterocycles. The molecule has 29 heavy (non-hydrogen) atoms. The molecule has 4 rings (SSSR count). The first-order valence-corrected chi connectivity index (χ1v) is 9.45. The van der Waals surface area contributed by atoms with Gasteiger partial charge in [-0.25, -0.2) is 14.4 Å². The Hall–Kier alpha value is -3.19. The molecule has 0 unspecified atom stereocenters. The molecule has 1 aliphatic rings. The van der Waals surface area contributed by atoms with Crippen molar-refractivity contribution in [3.63, 3.8) is 0 Å². The fraction of sp³-hybridized carbons (Fsp3) is 0.273. The maximum Gasteiger partial charge on any atom is 0.227 e. The second kappa shape index (κ2) is 8.45. The van der Waals surface area contributed by atoms with Crippen LogP contribution in [0.1, 0.15) is 16.8 Å². The second-order valence-electron chi connectivity index (χ2n) is 6.95. The summed E-state index contributed by atoms with van der Waals surface area (Å²) in [6, 6.07) is 12.3. The third-order valence-electron chi connectivity index (χ3n) is 4.96. The van der Waals surface area contributed by atoms with Crippen LogP contribution in [0.3, 0.4) is 0 Å². The normalized spacial score (nSPS) is 13.6. The molecule has 6 nitrogen and oxygen atoms in total. The molecular weight excluding hydrogens is 371 g/mol. The third-order valence-corrected chi connectivity index (χ3v) is 4.96. The average Bonchev–Trinajstić information content (AvgIpc) is 2.74. The minimum atomic E-state index is -0.201. The van der Waals surface area contributed by atoms with E-state index < -0.39 is 0 Å². The number of ether oxygens (including phenoxy) is 2. The van der Waals surface area contributed by atoms with Crippen molar-refractivity contribution in [1.29, 1.82) is 0 Å². The second-order valence-corrected chi connectivity index (χ2v) is 6.95. The van der Waals surface area contributed by atoms with Crippen LogP contribution in [0.5, 0.6) is 11.5 Å². The molecule has 0 bridgehead atoms. The molecule has 0 atom stereocenters. The van der Waals surface area contributed by atoms with Crippen LogP contribution in [0.15, 0.2) is 48.7 Å². The van der Waals surface area contributed by atoms with Crippen molar-refractivity contribution in [3.05, 3.63) is 71.3 Å². The van der Waals surface area contributed by atoms with Crippen LogP contribution in [-0.2, 0) is 19.5 Å². The number of halogens is 1. The number of aromatic nitrogens is 2. The predicted octanol–water partition coefficient (Wildman–Crippen LogP) is 3.93. The summed E-state index contributed by atoms with van der Waals surface area (Å²) in [6.07, 6.45) is 2.68. The Morgan fingerprint density at radius 3 is 2.83 bits per heavy atom. The zero-order valence-electron chi connectivity index (χ0n) is 16.5. The van der Waals surface area contributed by atoms with Gasteiger partial charge in [0.25, 0.3) is 0 Å². The summed E-state index contributed by atoms with van der Waals surface area (Å²) in [5.74, 6) is 1.71. The molecule has 0 fully saturated rings. The quantitative estimate of drug-likeness (QED) is 0.684. The lowest BCUT2D eigenvalue weighted by atomic mass is 10.1. The number of fused-ring (bicyclic) bond motifs is 1. The molecule has 2 heterocycles. The topological polar surface area (TPSA) is 59.5 Å². The van der Waals surface area contributed by atoms with Gasteiger partial charge >= 0.3 is 0 Å². The van der Waals surface area contributed by atoms with Gasteiger partial charge in [-0.3, -0.25) is 4.90 Å². The largest absolute Gasteiger partial charge is 0.497 e. The van der Waals surface area contributed by atoms with Crippen molar-refractivity contribution in [2.75, 3.05) is 26.1 Å². The zero-order chi connectivity index (χ0) is 20.2. The van der Waals surface area contributed by atoms with E-state index in [1.807, 2.05) is 30.5 Å². The Morgan fingerprint density at radius 1 is 1.14 bits per heavy atom. The van der Waals surface area contributed by atoms with Crippen molar-refractivity contribution >= 4 is 11.6 Å². The molecule has 1 N–H and O–H groups in total. The van der Waals surface area contributed by atoms with Crippen LogP contribution in [0.4, 0.5) is 16.0 Å². The highest BCUT2D eigenvalue weighted by molar-refractivity contribution is 5.64. The van der Waals surface area contributed by atoms with Gasteiger partial charge in [-0.2, -0.15) is 0 Å². The first-order valence-electron chi connectivity index (χ1n) is 9.45. The van der Waals surface area contributed by atoms with Crippen LogP contribution < -0.4 is 14.8 Å². The Bertz CT molecular complexity index is 1010. The summed E-state index contributed by atoms with van der Waals surface area (Å²) in [4.78, 5) is 11.4. The van der Waals surface area contributed by atoms with Crippen molar-refractivity contribution in [2.24, 2.45) is 0 Å². The van der Waals surface area contributed by atoms with E-state index in [2.05, 4.69) is 20.2 Å². The van der Waals surface area contributed by atoms with Gasteiger partial charge < -0.3 is 14.8 Å². The Balaban J connectivity index is 1.46. The van der Waals surface area contributed by atoms with Crippen LogP contribution in [0, 0.1) is 5.82 Å². The van der Waals surface area contributed by atoms with Crippen LogP contribution in [-0.4, -0.2) is 35.6 Å². The molecule has 2 aromatic carbocycles. The van der Waals surface area contributed by atoms with Gasteiger partial charge in [0, 0.05) is 43.9 Å². The highest BCUT2D eigenvalue weighted by atomic mass is 19.1. The van der Waals surface area contributed by atoms with Crippen molar-refractivity contribution < 1.29 is 13.9 Å². The van der Waals surface area contributed by atoms with Gasteiger partial charge in [-0.05, 0) is 29.8 Å². The van der Waals surface area contributed by atoms with E-state index >= 15 is 0 Å². The standard InChI is InChI=1S/C22H23FN4O2/c1-28-18-6-7-20(21(11-18)29-2)26-22-24-12-16-14-27(9-8-19(16)25-22)13-15-4-3-5-17(23)10-15/h3-7,10-12H,8-9,13-14H2,1-2H3,(H,24,25,26). The molecule has 0 spiro atoms. The van der Waals surface area contributed by atoms with E-state index in [-0.39, 0.29) is 5.82 Å². The highest BCUT2D eigenvalue weighted by Crippen LogP contribution is 2.31. The number of methoxy groups -OCH3 is 2. The maximum atomic E-state index is 13.4. The SMILES string of the molecule is COc1ccc(Nc2ncc3c(n2)CCN(Cc2cccc(F)c2)C3)c(OC)c1. The lowest BCUT2D eigenvalue weighted by Crippen LogP contribution is -2.31. The maximum absolute atomic E-state index is 13.4. The van der Waals surface area contributed by atoms with Crippen molar-refractivity contribution in [1.82, 2.24) is 14.9 Å². The number of hydrogen-bond donors (Lipinski definition) is 1. The van der Waals surface area contributed by atoms with E-state index in [4.69, 9.17) is 9.47 Å². The molecule has 150 valence electrons. The van der Waals surface area contributed by atoms with Gasteiger partial charge in [0.1, 0.15) is 17.3 Å². The molecule has 3 aromatic rings. The molecule has 0 amide bonds. The highest BCUT2D eigenvalue weighted by Gasteiger charge is 2.19. The summed E-state index contributed by atoms with van der Waals surface area (Å²) < 4.78 is 24.1. The van der Waals surface area contributed by atoms with Crippen molar-refractivity contribution in [3.8, 4) is 11.5 Å². The number of anilines is 2. The van der Waals surface area contributed by atoms with E-state index in [1.54, 1.807) is 26.4 Å². The van der Waals surface area contributed by atoms with Gasteiger partial charge in [0.15, 0.2) is 0 Å². The molecule has 0 radical (unpaired) electrons. The number of benzene rings is 2. The summed E-state index contributed by atoms with van der Waals surface area (Å²) >= 11 is 0. The third kappa shape index (κ3) is 4.46. The van der Waals surface area contributed by atoms with Crippen LogP contribution in [0.2, 0.25) is 0 Å². The van der Waals surface area contributed by atoms with Gasteiger partial charge in [0.2, 0.25) is 5.95 Å². The minimum absolute atomic E-state index is 0.201. The predicted molar refractivity (Wildman–Crippen MR) is 109 cm³/mol. The molecule has 7 heteroatoms. The molecule has 0 saturated carbocycles. The molecule has 0 aliphatic carbocycles. The van der Waals surface area contributed by atoms with Gasteiger partial charge in [-0.15, -0.1) is 0 Å². The lowest BCUT2D eigenvalue weighted by Gasteiger charge is -2.28. The van der Waals surface area contributed by atoms with Crippen LogP contribution >= 0.6 is 0 Å². The smallest absolute Gasteiger partial charge is 0.227 e. The van der Waals surface area contributed by atoms with E-state index in [1.165, 1.54) is 6.07 Å². The summed E-state index contributed by atoms with van der Waals surface area (Å²) in [5, 5.41) is 3.22. The number of nitrogens with one attached hydrogen (secondary N) is 1. The molecule has 1 aliphatic heterocycles. The Labute approximate surface area is 169 Å². The fourth-order valence-corrected chi connectivity index (χ4v) is 3.49. The van der Waals surface area contributed by atoms with E-state index in [0.717, 1.165) is 47.8 Å². The van der Waals surface area contributed by atoms with E-state index in [9.17, 15) is 4.39 Å². The minimum Gasteiger partial charge on any atom is -0.497 e. The number of hydrogen-bond acceptors (Lipinski definition) is 6. The monoisotopic (exact) mass is 394 g/mol.